The molecule has 0 aromatic heterocycles. The van der Waals surface area contributed by atoms with E-state index in [-0.39, 0.29) is 18.0 Å². The largest absolute Gasteiger partial charge is 0.444 e. The summed E-state index contributed by atoms with van der Waals surface area (Å²) < 4.78 is 5.52. The van der Waals surface area contributed by atoms with Crippen molar-refractivity contribution in [1.82, 2.24) is 10.2 Å². The van der Waals surface area contributed by atoms with Gasteiger partial charge in [-0.3, -0.25) is 9.69 Å². The third-order valence-corrected chi connectivity index (χ3v) is 6.85. The van der Waals surface area contributed by atoms with Crippen molar-refractivity contribution in [2.24, 2.45) is 0 Å². The van der Waals surface area contributed by atoms with Gasteiger partial charge in [0.2, 0.25) is 5.91 Å². The highest BCUT2D eigenvalue weighted by molar-refractivity contribution is 5.94. The lowest BCUT2D eigenvalue weighted by Gasteiger charge is -2.39. The van der Waals surface area contributed by atoms with Crippen LogP contribution in [-0.4, -0.2) is 41.6 Å². The Morgan fingerprint density at radius 3 is 2.29 bits per heavy atom. The number of carbonyl (C=O) groups is 2. The Bertz CT molecular complexity index is 1050. The zero-order chi connectivity index (χ0) is 25.2. The predicted molar refractivity (Wildman–Crippen MR) is 140 cm³/mol. The number of hydrogen-bond donors (Lipinski definition) is 1. The molecule has 2 aliphatic rings. The number of nitrogens with one attached hydrogen (secondary N) is 1. The van der Waals surface area contributed by atoms with Gasteiger partial charge in [-0.25, -0.2) is 4.79 Å². The summed E-state index contributed by atoms with van der Waals surface area (Å²) in [6.45, 7) is 12.5. The first kappa shape index (κ1) is 25.2. The summed E-state index contributed by atoms with van der Waals surface area (Å²) in [6.07, 6.45) is 4.12. The maximum Gasteiger partial charge on any atom is 0.408 e. The number of alkyl carbamates (subject to hydrolysis) is 1. The Hall–Kier alpha value is -2.86. The van der Waals surface area contributed by atoms with Crippen LogP contribution in [0.4, 0.5) is 10.5 Å². The number of piperidine rings is 1. The quantitative estimate of drug-likeness (QED) is 0.582. The van der Waals surface area contributed by atoms with Gasteiger partial charge in [-0.05, 0) is 94.4 Å². The summed E-state index contributed by atoms with van der Waals surface area (Å²) in [5.41, 5.74) is 4.74. The monoisotopic (exact) mass is 477 g/mol. The van der Waals surface area contributed by atoms with Gasteiger partial charge in [0.15, 0.2) is 0 Å². The number of nitrogens with zero attached hydrogens (tertiary/aromatic N) is 2. The van der Waals surface area contributed by atoms with Gasteiger partial charge < -0.3 is 15.0 Å². The summed E-state index contributed by atoms with van der Waals surface area (Å²) in [4.78, 5) is 29.4. The number of benzene rings is 2. The van der Waals surface area contributed by atoms with Gasteiger partial charge in [-0.15, -0.1) is 0 Å². The average molecular weight is 478 g/mol. The minimum atomic E-state index is -0.573. The van der Waals surface area contributed by atoms with Crippen LogP contribution in [0.2, 0.25) is 0 Å². The molecule has 0 spiro atoms. The van der Waals surface area contributed by atoms with Gasteiger partial charge in [-0.2, -0.15) is 0 Å². The lowest BCUT2D eigenvalue weighted by atomic mass is 9.89. The van der Waals surface area contributed by atoms with Crippen LogP contribution in [0, 0.1) is 0 Å². The molecule has 2 aliphatic heterocycles. The first-order valence-corrected chi connectivity index (χ1v) is 12.9. The molecule has 0 saturated carbocycles. The molecule has 2 aromatic carbocycles. The van der Waals surface area contributed by atoms with E-state index in [1.165, 1.54) is 37.9 Å². The smallest absolute Gasteiger partial charge is 0.408 e. The zero-order valence-electron chi connectivity index (χ0n) is 21.8. The number of likely N-dealkylation sites (tertiary alicyclic amines) is 1. The molecule has 4 rings (SSSR count). The molecule has 1 N–H and O–H groups in total. The first-order chi connectivity index (χ1) is 16.6. The van der Waals surface area contributed by atoms with Crippen molar-refractivity contribution < 1.29 is 14.3 Å². The number of carbonyl (C=O) groups excluding carboxylic acids is 2. The van der Waals surface area contributed by atoms with Crippen molar-refractivity contribution >= 4 is 17.7 Å². The molecule has 6 heteroatoms. The SMILES string of the molecule is CC(=O)N1c2ccc(-c3ccc(CN4CCCCC4)cc3)cc2[C@@H](NC(=O)OC(C)(C)C)C[C@H]1C. The molecule has 2 atom stereocenters. The van der Waals surface area contributed by atoms with Crippen LogP contribution in [-0.2, 0) is 16.1 Å². The number of ether oxygens (including phenoxy) is 1. The molecule has 2 aromatic rings. The fraction of sp³-hybridized carbons (Fsp3) is 0.517. The molecular formula is C29H39N3O3. The second-order valence-corrected chi connectivity index (χ2v) is 11.0. The van der Waals surface area contributed by atoms with E-state index in [0.717, 1.165) is 28.9 Å². The van der Waals surface area contributed by atoms with E-state index in [1.54, 1.807) is 6.92 Å². The number of amides is 2. The fourth-order valence-electron chi connectivity index (χ4n) is 5.29. The van der Waals surface area contributed by atoms with Crippen molar-refractivity contribution in [3.8, 4) is 11.1 Å². The maximum absolute atomic E-state index is 12.6. The standard InChI is InChI=1S/C29H39N3O3/c1-20-17-26(30-28(34)35-29(3,4)5)25-18-24(13-14-27(25)32(20)21(2)33)23-11-9-22(10-12-23)19-31-15-7-6-8-16-31/h9-14,18,20,26H,6-8,15-17,19H2,1-5H3,(H,30,34)/t20-,26+/m1/s1. The van der Waals surface area contributed by atoms with Crippen LogP contribution in [0.15, 0.2) is 42.5 Å². The molecule has 0 unspecified atom stereocenters. The maximum atomic E-state index is 12.6. The van der Waals surface area contributed by atoms with Crippen molar-refractivity contribution in [3.63, 3.8) is 0 Å². The minimum Gasteiger partial charge on any atom is -0.444 e. The molecule has 188 valence electrons. The molecule has 2 amide bonds. The van der Waals surface area contributed by atoms with E-state index in [9.17, 15) is 9.59 Å². The molecule has 1 fully saturated rings. The Morgan fingerprint density at radius 1 is 1.00 bits per heavy atom. The Kier molecular flexibility index (Phi) is 7.50. The molecule has 0 bridgehead atoms. The number of hydrogen-bond acceptors (Lipinski definition) is 4. The highest BCUT2D eigenvalue weighted by Gasteiger charge is 2.34. The van der Waals surface area contributed by atoms with Crippen LogP contribution in [0.3, 0.4) is 0 Å². The number of anilines is 1. The van der Waals surface area contributed by atoms with E-state index in [2.05, 4.69) is 46.6 Å². The topological polar surface area (TPSA) is 61.9 Å². The first-order valence-electron chi connectivity index (χ1n) is 12.9. The summed E-state index contributed by atoms with van der Waals surface area (Å²) in [5.74, 6) is 0.00397. The zero-order valence-corrected chi connectivity index (χ0v) is 21.8. The van der Waals surface area contributed by atoms with Crippen molar-refractivity contribution in [2.45, 2.75) is 84.5 Å². The van der Waals surface area contributed by atoms with E-state index in [4.69, 9.17) is 4.74 Å². The molecule has 0 aliphatic carbocycles. The van der Waals surface area contributed by atoms with Crippen LogP contribution in [0.5, 0.6) is 0 Å². The Morgan fingerprint density at radius 2 is 1.66 bits per heavy atom. The van der Waals surface area contributed by atoms with Gasteiger partial charge in [0.25, 0.3) is 0 Å². The molecule has 0 radical (unpaired) electrons. The molecule has 35 heavy (non-hydrogen) atoms. The van der Waals surface area contributed by atoms with E-state index < -0.39 is 11.7 Å². The molecule has 2 heterocycles. The third-order valence-electron chi connectivity index (χ3n) is 6.85. The van der Waals surface area contributed by atoms with Gasteiger partial charge in [0.1, 0.15) is 5.60 Å². The Balaban J connectivity index is 1.59. The van der Waals surface area contributed by atoms with Crippen molar-refractivity contribution in [1.29, 1.82) is 0 Å². The summed E-state index contributed by atoms with van der Waals surface area (Å²) >= 11 is 0. The lowest BCUT2D eigenvalue weighted by Crippen LogP contribution is -2.46. The van der Waals surface area contributed by atoms with Gasteiger partial charge >= 0.3 is 6.09 Å². The highest BCUT2D eigenvalue weighted by atomic mass is 16.6. The third kappa shape index (κ3) is 6.23. The minimum absolute atomic E-state index is 0.00397. The second kappa shape index (κ2) is 10.4. The number of fused-ring (bicyclic) bond motifs is 1. The van der Waals surface area contributed by atoms with Gasteiger partial charge in [0.05, 0.1) is 6.04 Å². The second-order valence-electron chi connectivity index (χ2n) is 11.0. The van der Waals surface area contributed by atoms with E-state index in [1.807, 2.05) is 38.7 Å². The Labute approximate surface area is 209 Å². The highest BCUT2D eigenvalue weighted by Crippen LogP contribution is 2.40. The normalized spacial score (nSPS) is 20.8. The van der Waals surface area contributed by atoms with E-state index >= 15 is 0 Å². The van der Waals surface area contributed by atoms with Crippen molar-refractivity contribution in [2.75, 3.05) is 18.0 Å². The predicted octanol–water partition coefficient (Wildman–Crippen LogP) is 6.05. The summed E-state index contributed by atoms with van der Waals surface area (Å²) in [6, 6.07) is 14.7. The summed E-state index contributed by atoms with van der Waals surface area (Å²) in [5, 5.41) is 3.05. The molecule has 6 nitrogen and oxygen atoms in total. The molecular weight excluding hydrogens is 438 g/mol. The van der Waals surface area contributed by atoms with Crippen LogP contribution in [0.25, 0.3) is 11.1 Å². The van der Waals surface area contributed by atoms with Crippen molar-refractivity contribution in [3.05, 3.63) is 53.6 Å². The van der Waals surface area contributed by atoms with Gasteiger partial charge in [-0.1, -0.05) is 36.8 Å². The van der Waals surface area contributed by atoms with Crippen LogP contribution < -0.4 is 10.2 Å². The summed E-state index contributed by atoms with van der Waals surface area (Å²) in [7, 11) is 0. The van der Waals surface area contributed by atoms with E-state index in [0.29, 0.717) is 6.42 Å². The average Bonchev–Trinajstić information content (AvgIpc) is 2.78. The number of rotatable bonds is 4. The lowest BCUT2D eigenvalue weighted by molar-refractivity contribution is -0.117. The van der Waals surface area contributed by atoms with Crippen LogP contribution >= 0.6 is 0 Å². The van der Waals surface area contributed by atoms with Crippen LogP contribution in [0.1, 0.15) is 77.5 Å². The van der Waals surface area contributed by atoms with Gasteiger partial charge in [0, 0.05) is 25.2 Å². The molecule has 1 saturated heterocycles. The fourth-order valence-corrected chi connectivity index (χ4v) is 5.29.